The molecule has 0 saturated carbocycles. The van der Waals surface area contributed by atoms with Crippen LogP contribution in [0.25, 0.3) is 0 Å². The van der Waals surface area contributed by atoms with Crippen LogP contribution < -0.4 is 0 Å². The van der Waals surface area contributed by atoms with E-state index in [-0.39, 0.29) is 23.7 Å². The molecule has 0 radical (unpaired) electrons. The van der Waals surface area contributed by atoms with Gasteiger partial charge < -0.3 is 0 Å². The minimum atomic E-state index is -0.258. The average molecular weight is 579 g/mol. The lowest BCUT2D eigenvalue weighted by Gasteiger charge is -2.42. The Morgan fingerprint density at radius 2 is 0.952 bits per heavy atom. The maximum absolute atomic E-state index is 13.5. The summed E-state index contributed by atoms with van der Waals surface area (Å²) in [7, 11) is 0. The van der Waals surface area contributed by atoms with Crippen molar-refractivity contribution >= 4 is 0 Å². The van der Waals surface area contributed by atoms with Gasteiger partial charge in [0.1, 0.15) is 11.6 Å². The SMILES string of the molecule is CC(C)CC(c1nnnn1Cc1ccc(F)cc1)N1CCN(C(CC(C)C)c2nnnn2Cc2ccc(F)cc2)CC1. The molecule has 42 heavy (non-hydrogen) atoms. The smallest absolute Gasteiger partial charge is 0.168 e. The van der Waals surface area contributed by atoms with Crippen molar-refractivity contribution in [3.63, 3.8) is 0 Å². The quantitative estimate of drug-likeness (QED) is 0.242. The topological polar surface area (TPSA) is 93.7 Å². The zero-order valence-electron chi connectivity index (χ0n) is 24.8. The van der Waals surface area contributed by atoms with Crippen molar-refractivity contribution in [2.45, 2.75) is 65.7 Å². The minimum Gasteiger partial charge on any atom is -0.291 e. The Bertz CT molecular complexity index is 1280. The van der Waals surface area contributed by atoms with Crippen LogP contribution in [0.2, 0.25) is 0 Å². The molecule has 224 valence electrons. The van der Waals surface area contributed by atoms with Gasteiger partial charge in [0.15, 0.2) is 11.6 Å². The third-order valence-electron chi connectivity index (χ3n) is 7.83. The zero-order chi connectivity index (χ0) is 29.6. The highest BCUT2D eigenvalue weighted by molar-refractivity contribution is 5.17. The molecule has 4 aromatic rings. The molecule has 1 aliphatic rings. The molecule has 2 aromatic heterocycles. The molecular formula is C30H40F2N10. The van der Waals surface area contributed by atoms with Crippen LogP contribution in [0.5, 0.6) is 0 Å². The van der Waals surface area contributed by atoms with Crippen molar-refractivity contribution in [3.05, 3.63) is 82.9 Å². The second-order valence-electron chi connectivity index (χ2n) is 12.0. The molecule has 2 aromatic carbocycles. The van der Waals surface area contributed by atoms with Crippen LogP contribution in [0.4, 0.5) is 8.78 Å². The average Bonchev–Trinajstić information content (AvgIpc) is 3.62. The summed E-state index contributed by atoms with van der Waals surface area (Å²) in [5, 5.41) is 25.6. The van der Waals surface area contributed by atoms with E-state index in [0.29, 0.717) is 24.9 Å². The first-order valence-electron chi connectivity index (χ1n) is 14.8. The second-order valence-corrected chi connectivity index (χ2v) is 12.0. The fourth-order valence-corrected chi connectivity index (χ4v) is 5.74. The summed E-state index contributed by atoms with van der Waals surface area (Å²) in [5.41, 5.74) is 1.90. The molecule has 0 spiro atoms. The van der Waals surface area contributed by atoms with Gasteiger partial charge in [-0.3, -0.25) is 9.80 Å². The van der Waals surface area contributed by atoms with Crippen LogP contribution in [0, 0.1) is 23.5 Å². The van der Waals surface area contributed by atoms with Crippen LogP contribution in [0.3, 0.4) is 0 Å². The maximum atomic E-state index is 13.5. The monoisotopic (exact) mass is 578 g/mol. The van der Waals surface area contributed by atoms with Crippen LogP contribution in [0.1, 0.15) is 75.4 Å². The lowest BCUT2D eigenvalue weighted by Crippen LogP contribution is -2.50. The highest BCUT2D eigenvalue weighted by Crippen LogP contribution is 2.32. The number of nitrogens with zero attached hydrogens (tertiary/aromatic N) is 10. The number of rotatable bonds is 12. The first-order valence-corrected chi connectivity index (χ1v) is 14.8. The summed E-state index contributed by atoms with van der Waals surface area (Å²) in [4.78, 5) is 4.97. The van der Waals surface area contributed by atoms with E-state index in [1.807, 2.05) is 9.36 Å². The van der Waals surface area contributed by atoms with E-state index >= 15 is 0 Å². The number of piperazine rings is 1. The molecule has 0 bridgehead atoms. The molecule has 1 fully saturated rings. The van der Waals surface area contributed by atoms with Crippen molar-refractivity contribution in [1.29, 1.82) is 0 Å². The summed E-state index contributed by atoms with van der Waals surface area (Å²) >= 11 is 0. The molecule has 1 saturated heterocycles. The van der Waals surface area contributed by atoms with Crippen molar-refractivity contribution < 1.29 is 8.78 Å². The van der Waals surface area contributed by atoms with E-state index in [9.17, 15) is 8.78 Å². The van der Waals surface area contributed by atoms with Gasteiger partial charge in [0.25, 0.3) is 0 Å². The van der Waals surface area contributed by atoms with Crippen molar-refractivity contribution in [3.8, 4) is 0 Å². The standard InChI is InChI=1S/C30H40F2N10/c1-21(2)17-27(29-33-35-37-41(29)19-23-5-9-25(31)10-6-23)39-13-15-40(16-14-39)28(18-22(3)4)30-34-36-38-42(30)20-24-7-11-26(32)12-8-24/h5-12,21-22,27-28H,13-20H2,1-4H3. The Morgan fingerprint density at radius 1 is 0.595 bits per heavy atom. The molecular weight excluding hydrogens is 538 g/mol. The van der Waals surface area contributed by atoms with Crippen LogP contribution >= 0.6 is 0 Å². The Kier molecular flexibility index (Phi) is 9.63. The van der Waals surface area contributed by atoms with Crippen molar-refractivity contribution in [2.24, 2.45) is 11.8 Å². The van der Waals surface area contributed by atoms with Gasteiger partial charge in [0.05, 0.1) is 25.2 Å². The molecule has 5 rings (SSSR count). The van der Waals surface area contributed by atoms with Crippen LogP contribution in [-0.2, 0) is 13.1 Å². The number of tetrazole rings is 2. The molecule has 10 nitrogen and oxygen atoms in total. The Morgan fingerprint density at radius 3 is 1.29 bits per heavy atom. The van der Waals surface area contributed by atoms with E-state index in [1.54, 1.807) is 24.3 Å². The van der Waals surface area contributed by atoms with Gasteiger partial charge >= 0.3 is 0 Å². The Labute approximate surface area is 245 Å². The normalized spacial score (nSPS) is 16.4. The third-order valence-corrected chi connectivity index (χ3v) is 7.83. The Balaban J connectivity index is 1.31. The predicted octanol–water partition coefficient (Wildman–Crippen LogP) is 4.53. The third kappa shape index (κ3) is 7.40. The van der Waals surface area contributed by atoms with Gasteiger partial charge in [0, 0.05) is 26.2 Å². The van der Waals surface area contributed by atoms with Crippen LogP contribution in [-0.4, -0.2) is 76.4 Å². The molecule has 0 N–H and O–H groups in total. The highest BCUT2D eigenvalue weighted by Gasteiger charge is 2.34. The minimum absolute atomic E-state index is 0.0648. The van der Waals surface area contributed by atoms with Gasteiger partial charge in [-0.1, -0.05) is 52.0 Å². The molecule has 2 atom stereocenters. The second kappa shape index (κ2) is 13.6. The highest BCUT2D eigenvalue weighted by atomic mass is 19.1. The molecule has 1 aliphatic heterocycles. The van der Waals surface area contributed by atoms with E-state index in [0.717, 1.165) is 61.8 Å². The molecule has 0 amide bonds. The molecule has 3 heterocycles. The summed E-state index contributed by atoms with van der Waals surface area (Å²) in [6, 6.07) is 13.1. The number of hydrogen-bond acceptors (Lipinski definition) is 8. The largest absolute Gasteiger partial charge is 0.291 e. The molecule has 0 aliphatic carbocycles. The van der Waals surface area contributed by atoms with E-state index in [1.165, 1.54) is 24.3 Å². The Hall–Kier alpha value is -3.64. The summed E-state index contributed by atoms with van der Waals surface area (Å²) < 4.78 is 30.6. The fourth-order valence-electron chi connectivity index (χ4n) is 5.74. The number of hydrogen-bond donors (Lipinski definition) is 0. The summed E-state index contributed by atoms with van der Waals surface area (Å²) in [6.07, 6.45) is 1.85. The summed E-state index contributed by atoms with van der Waals surface area (Å²) in [6.45, 7) is 13.3. The first kappa shape index (κ1) is 29.8. The van der Waals surface area contributed by atoms with Gasteiger partial charge in [-0.2, -0.15) is 0 Å². The van der Waals surface area contributed by atoms with E-state index in [2.05, 4.69) is 68.5 Å². The molecule has 2 unspecified atom stereocenters. The lowest BCUT2D eigenvalue weighted by atomic mass is 9.98. The fraction of sp³-hybridized carbons (Fsp3) is 0.533. The lowest BCUT2D eigenvalue weighted by molar-refractivity contribution is 0.0475. The number of benzene rings is 2. The first-order chi connectivity index (χ1) is 20.3. The summed E-state index contributed by atoms with van der Waals surface area (Å²) in [5.74, 6) is 2.06. The predicted molar refractivity (Wildman–Crippen MR) is 154 cm³/mol. The van der Waals surface area contributed by atoms with Gasteiger partial charge in [-0.05, 0) is 80.9 Å². The van der Waals surface area contributed by atoms with Crippen molar-refractivity contribution in [2.75, 3.05) is 26.2 Å². The molecule has 12 heteroatoms. The van der Waals surface area contributed by atoms with Gasteiger partial charge in [0.2, 0.25) is 0 Å². The zero-order valence-corrected chi connectivity index (χ0v) is 24.8. The number of aromatic nitrogens is 8. The van der Waals surface area contributed by atoms with Crippen molar-refractivity contribution in [1.82, 2.24) is 50.2 Å². The van der Waals surface area contributed by atoms with E-state index in [4.69, 9.17) is 0 Å². The van der Waals surface area contributed by atoms with Gasteiger partial charge in [-0.15, -0.1) is 10.2 Å². The van der Waals surface area contributed by atoms with Crippen LogP contribution in [0.15, 0.2) is 48.5 Å². The van der Waals surface area contributed by atoms with E-state index < -0.39 is 0 Å². The number of halogens is 2. The van der Waals surface area contributed by atoms with Gasteiger partial charge in [-0.25, -0.2) is 18.1 Å². The maximum Gasteiger partial charge on any atom is 0.168 e.